The van der Waals surface area contributed by atoms with Crippen LogP contribution in [0.3, 0.4) is 0 Å². The summed E-state index contributed by atoms with van der Waals surface area (Å²) in [7, 11) is 0. The Morgan fingerprint density at radius 2 is 1.80 bits per heavy atom. The lowest BCUT2D eigenvalue weighted by Gasteiger charge is -2.30. The molecule has 1 aromatic carbocycles. The van der Waals surface area contributed by atoms with Gasteiger partial charge in [0.1, 0.15) is 0 Å². The van der Waals surface area contributed by atoms with Gasteiger partial charge < -0.3 is 0 Å². The van der Waals surface area contributed by atoms with Crippen molar-refractivity contribution in [2.45, 2.75) is 54.8 Å². The summed E-state index contributed by atoms with van der Waals surface area (Å²) in [6.45, 7) is 4.50. The summed E-state index contributed by atoms with van der Waals surface area (Å²) in [5.74, 6) is 2.03. The van der Waals surface area contributed by atoms with Crippen LogP contribution in [0.4, 0.5) is 0 Å². The van der Waals surface area contributed by atoms with Crippen LogP contribution in [0.15, 0.2) is 24.3 Å². The average molecular weight is 306 g/mol. The van der Waals surface area contributed by atoms with Crippen LogP contribution in [-0.2, 0) is 0 Å². The second-order valence-corrected chi connectivity index (χ2v) is 8.98. The van der Waals surface area contributed by atoms with E-state index in [0.717, 1.165) is 17.2 Å². The molecule has 0 amide bonds. The standard InChI is InChI=1S/C17H22OS2/c1-11-12(2)20-16(10-19-11)17(18)15-8-6-14(7-9-15)13-4-3-5-13/h6-9,11-13,16H,3-5,10H2,1-2H3. The average Bonchev–Trinajstić information content (AvgIpc) is 2.40. The Kier molecular flexibility index (Phi) is 4.46. The second-order valence-electron chi connectivity index (χ2n) is 5.98. The van der Waals surface area contributed by atoms with Crippen LogP contribution in [0.5, 0.6) is 0 Å². The number of rotatable bonds is 3. The number of hydrogen-bond acceptors (Lipinski definition) is 3. The molecule has 20 heavy (non-hydrogen) atoms. The Bertz CT molecular complexity index is 478. The third kappa shape index (κ3) is 2.94. The van der Waals surface area contributed by atoms with Gasteiger partial charge in [-0.2, -0.15) is 11.8 Å². The Balaban J connectivity index is 1.67. The number of carbonyl (C=O) groups excluding carboxylic acids is 1. The Morgan fingerprint density at radius 1 is 1.10 bits per heavy atom. The van der Waals surface area contributed by atoms with Crippen LogP contribution in [0.1, 0.15) is 54.9 Å². The molecule has 1 heterocycles. The molecule has 2 aliphatic rings. The Labute approximate surface area is 130 Å². The summed E-state index contributed by atoms with van der Waals surface area (Å²) >= 11 is 3.79. The predicted octanol–water partition coefficient (Wildman–Crippen LogP) is 4.76. The molecule has 1 aliphatic heterocycles. The first-order valence-corrected chi connectivity index (χ1v) is 9.55. The van der Waals surface area contributed by atoms with Gasteiger partial charge in [-0.05, 0) is 24.3 Å². The molecule has 3 rings (SSSR count). The van der Waals surface area contributed by atoms with Gasteiger partial charge in [0.2, 0.25) is 0 Å². The van der Waals surface area contributed by atoms with Crippen molar-refractivity contribution in [2.24, 2.45) is 0 Å². The van der Waals surface area contributed by atoms with Gasteiger partial charge in [-0.25, -0.2) is 0 Å². The minimum absolute atomic E-state index is 0.140. The maximum atomic E-state index is 12.6. The number of Topliss-reactive ketones (excluding diaryl/α,β-unsaturated/α-hetero) is 1. The van der Waals surface area contributed by atoms with Crippen molar-refractivity contribution < 1.29 is 4.79 Å². The Hall–Kier alpha value is -0.410. The topological polar surface area (TPSA) is 17.1 Å². The van der Waals surface area contributed by atoms with Crippen LogP contribution < -0.4 is 0 Å². The number of thioether (sulfide) groups is 2. The molecule has 1 aromatic rings. The Morgan fingerprint density at radius 3 is 2.35 bits per heavy atom. The van der Waals surface area contributed by atoms with Crippen LogP contribution >= 0.6 is 23.5 Å². The molecule has 108 valence electrons. The molecular weight excluding hydrogens is 284 g/mol. The van der Waals surface area contributed by atoms with Crippen LogP contribution in [0, 0.1) is 0 Å². The maximum Gasteiger partial charge on any atom is 0.176 e. The summed E-state index contributed by atoms with van der Waals surface area (Å²) in [5, 5.41) is 1.36. The number of benzene rings is 1. The molecule has 1 saturated carbocycles. The van der Waals surface area contributed by atoms with Crippen molar-refractivity contribution >= 4 is 29.3 Å². The zero-order valence-electron chi connectivity index (χ0n) is 12.2. The molecule has 1 aliphatic carbocycles. The molecule has 2 fully saturated rings. The highest BCUT2D eigenvalue weighted by Gasteiger charge is 2.31. The molecule has 0 radical (unpaired) electrons. The van der Waals surface area contributed by atoms with E-state index in [0.29, 0.717) is 16.3 Å². The van der Waals surface area contributed by atoms with E-state index in [2.05, 4.69) is 26.0 Å². The maximum absolute atomic E-state index is 12.6. The van der Waals surface area contributed by atoms with E-state index in [1.54, 1.807) is 0 Å². The van der Waals surface area contributed by atoms with Crippen molar-refractivity contribution in [1.29, 1.82) is 0 Å². The van der Waals surface area contributed by atoms with E-state index >= 15 is 0 Å². The van der Waals surface area contributed by atoms with Crippen molar-refractivity contribution in [2.75, 3.05) is 5.75 Å². The van der Waals surface area contributed by atoms with E-state index < -0.39 is 0 Å². The minimum Gasteiger partial charge on any atom is -0.293 e. The van der Waals surface area contributed by atoms with Gasteiger partial charge in [0.05, 0.1) is 5.25 Å². The van der Waals surface area contributed by atoms with Crippen LogP contribution in [0.2, 0.25) is 0 Å². The lowest BCUT2D eigenvalue weighted by Crippen LogP contribution is -2.31. The largest absolute Gasteiger partial charge is 0.293 e. The molecule has 3 atom stereocenters. The van der Waals surface area contributed by atoms with Gasteiger partial charge in [0.25, 0.3) is 0 Å². The fraction of sp³-hybridized carbons (Fsp3) is 0.588. The van der Waals surface area contributed by atoms with Gasteiger partial charge >= 0.3 is 0 Å². The van der Waals surface area contributed by atoms with Crippen molar-refractivity contribution in [3.8, 4) is 0 Å². The SMILES string of the molecule is CC1SCC(C(=O)c2ccc(C3CCC3)cc2)SC1C. The van der Waals surface area contributed by atoms with Gasteiger partial charge in [0.15, 0.2) is 5.78 Å². The van der Waals surface area contributed by atoms with Crippen molar-refractivity contribution in [3.63, 3.8) is 0 Å². The highest BCUT2D eigenvalue weighted by Crippen LogP contribution is 2.38. The molecular formula is C17H22OS2. The lowest BCUT2D eigenvalue weighted by molar-refractivity contribution is 0.0994. The normalized spacial score (nSPS) is 30.8. The molecule has 0 bridgehead atoms. The summed E-state index contributed by atoms with van der Waals surface area (Å²) in [6.07, 6.45) is 3.99. The lowest BCUT2D eigenvalue weighted by atomic mass is 9.80. The minimum atomic E-state index is 0.140. The first kappa shape index (κ1) is 14.5. The van der Waals surface area contributed by atoms with Crippen LogP contribution in [-0.4, -0.2) is 27.3 Å². The second kappa shape index (κ2) is 6.15. The summed E-state index contributed by atoms with van der Waals surface area (Å²) < 4.78 is 0. The van der Waals surface area contributed by atoms with Gasteiger partial charge in [-0.3, -0.25) is 4.79 Å². The molecule has 0 N–H and O–H groups in total. The predicted molar refractivity (Wildman–Crippen MR) is 90.1 cm³/mol. The molecule has 3 unspecified atom stereocenters. The van der Waals surface area contributed by atoms with Crippen molar-refractivity contribution in [3.05, 3.63) is 35.4 Å². The quantitative estimate of drug-likeness (QED) is 0.749. The number of ketones is 1. The van der Waals surface area contributed by atoms with Gasteiger partial charge in [0, 0.05) is 21.8 Å². The van der Waals surface area contributed by atoms with Crippen molar-refractivity contribution in [1.82, 2.24) is 0 Å². The first-order chi connectivity index (χ1) is 9.65. The van der Waals surface area contributed by atoms with E-state index in [1.807, 2.05) is 35.7 Å². The molecule has 3 heteroatoms. The fourth-order valence-electron chi connectivity index (χ4n) is 2.77. The summed E-state index contributed by atoms with van der Waals surface area (Å²) in [4.78, 5) is 12.6. The summed E-state index contributed by atoms with van der Waals surface area (Å²) in [6, 6.07) is 8.43. The third-order valence-corrected chi connectivity index (χ3v) is 8.00. The first-order valence-electron chi connectivity index (χ1n) is 7.56. The fourth-order valence-corrected chi connectivity index (χ4v) is 5.65. The van der Waals surface area contributed by atoms with E-state index in [-0.39, 0.29) is 5.25 Å². The summed E-state index contributed by atoms with van der Waals surface area (Å²) in [5.41, 5.74) is 2.31. The zero-order valence-corrected chi connectivity index (χ0v) is 13.8. The number of carbonyl (C=O) groups is 1. The zero-order chi connectivity index (χ0) is 14.1. The van der Waals surface area contributed by atoms with Gasteiger partial charge in [-0.15, -0.1) is 11.8 Å². The molecule has 1 nitrogen and oxygen atoms in total. The third-order valence-electron chi connectivity index (χ3n) is 4.61. The van der Waals surface area contributed by atoms with E-state index in [9.17, 15) is 4.79 Å². The van der Waals surface area contributed by atoms with Crippen LogP contribution in [0.25, 0.3) is 0 Å². The van der Waals surface area contributed by atoms with E-state index in [4.69, 9.17) is 0 Å². The van der Waals surface area contributed by atoms with E-state index in [1.165, 1.54) is 24.8 Å². The molecule has 1 saturated heterocycles. The highest BCUT2D eigenvalue weighted by molar-refractivity contribution is 8.08. The van der Waals surface area contributed by atoms with Gasteiger partial charge in [-0.1, -0.05) is 44.5 Å². The smallest absolute Gasteiger partial charge is 0.176 e. The monoisotopic (exact) mass is 306 g/mol. The highest BCUT2D eigenvalue weighted by atomic mass is 32.2. The molecule has 0 spiro atoms. The molecule has 0 aromatic heterocycles. The number of hydrogen-bond donors (Lipinski definition) is 0.